The molecule has 1 aliphatic rings. The van der Waals surface area contributed by atoms with Gasteiger partial charge in [0.1, 0.15) is 24.4 Å². The van der Waals surface area contributed by atoms with Crippen LogP contribution in [0.25, 0.3) is 0 Å². The molecule has 14 nitrogen and oxygen atoms in total. The number of esters is 1. The Balaban J connectivity index is 3.36. The second-order valence-corrected chi connectivity index (χ2v) is 7.03. The summed E-state index contributed by atoms with van der Waals surface area (Å²) in [6.45, 7) is 0.797. The highest BCUT2D eigenvalue weighted by molar-refractivity contribution is 7.80. The summed E-state index contributed by atoms with van der Waals surface area (Å²) >= 11 is 0. The molecule has 162 valence electrons. The zero-order valence-electron chi connectivity index (χ0n) is 14.7. The van der Waals surface area contributed by atoms with Crippen molar-refractivity contribution in [3.63, 3.8) is 0 Å². The summed E-state index contributed by atoms with van der Waals surface area (Å²) in [6, 6.07) is -1.48. The molecule has 6 N–H and O–H groups in total. The molecule has 3 unspecified atom stereocenters. The normalized spacial score (nSPS) is 30.1. The summed E-state index contributed by atoms with van der Waals surface area (Å²) in [6.07, 6.45) is -8.61. The topological polar surface area (TPSA) is 226 Å². The third-order valence-corrected chi connectivity index (χ3v) is 4.22. The smallest absolute Gasteiger partial charge is 0.397 e. The molecule has 0 spiro atoms. The van der Waals surface area contributed by atoms with Crippen LogP contribution in [0.5, 0.6) is 0 Å². The van der Waals surface area contributed by atoms with Gasteiger partial charge >= 0.3 is 22.3 Å². The summed E-state index contributed by atoms with van der Waals surface area (Å²) in [5.41, 5.74) is 0. The van der Waals surface area contributed by atoms with Crippen LogP contribution in [0.2, 0.25) is 0 Å². The van der Waals surface area contributed by atoms with Crippen molar-refractivity contribution in [2.24, 2.45) is 0 Å². The van der Waals surface area contributed by atoms with Gasteiger partial charge in [-0.25, -0.2) is 8.98 Å². The summed E-state index contributed by atoms with van der Waals surface area (Å²) < 4.78 is 44.5. The van der Waals surface area contributed by atoms with Gasteiger partial charge in [0.25, 0.3) is 5.79 Å². The minimum absolute atomic E-state index is 0.736. The molecular formula is C13H21NO13S. The highest BCUT2D eigenvalue weighted by Crippen LogP contribution is 2.32. The van der Waals surface area contributed by atoms with Crippen LogP contribution >= 0.6 is 0 Å². The fourth-order valence-electron chi connectivity index (χ4n) is 2.68. The van der Waals surface area contributed by atoms with E-state index < -0.39 is 77.5 Å². The molecule has 0 aliphatic carbocycles. The number of aliphatic hydroxyl groups excluding tert-OH is 2. The van der Waals surface area contributed by atoms with E-state index in [-0.39, 0.29) is 0 Å². The molecule has 0 bridgehead atoms. The first-order chi connectivity index (χ1) is 12.7. The predicted octanol–water partition coefficient (Wildman–Crippen LogP) is -3.47. The SMILES string of the molecule is CC(=O)N[C@@H]1[C@@H](OC(C)=O)CC(O)(C(=O)O)O[C@H]1C(O)C(CO)OS(=O)(=O)O. The Morgan fingerprint density at radius 1 is 1.32 bits per heavy atom. The Bertz CT molecular complexity index is 709. The van der Waals surface area contributed by atoms with Crippen LogP contribution < -0.4 is 5.32 Å². The molecule has 1 saturated heterocycles. The van der Waals surface area contributed by atoms with E-state index in [1.54, 1.807) is 0 Å². The molecule has 0 radical (unpaired) electrons. The van der Waals surface area contributed by atoms with Gasteiger partial charge in [-0.1, -0.05) is 0 Å². The first kappa shape index (κ1) is 24.2. The number of amides is 1. The quantitative estimate of drug-likeness (QED) is 0.162. The van der Waals surface area contributed by atoms with Gasteiger partial charge in [0.2, 0.25) is 5.91 Å². The fourth-order valence-corrected chi connectivity index (χ4v) is 3.17. The van der Waals surface area contributed by atoms with Gasteiger partial charge in [0, 0.05) is 13.8 Å². The van der Waals surface area contributed by atoms with E-state index in [4.69, 9.17) is 14.0 Å². The Kier molecular flexibility index (Phi) is 7.83. The van der Waals surface area contributed by atoms with Crippen LogP contribution in [0.1, 0.15) is 20.3 Å². The summed E-state index contributed by atoms with van der Waals surface area (Å²) in [5.74, 6) is -6.59. The Morgan fingerprint density at radius 3 is 2.29 bits per heavy atom. The third-order valence-electron chi connectivity index (χ3n) is 3.73. The molecule has 1 aliphatic heterocycles. The lowest BCUT2D eigenvalue weighted by atomic mass is 9.88. The van der Waals surface area contributed by atoms with Crippen LogP contribution in [0.3, 0.4) is 0 Å². The number of carboxylic acid groups (broad SMARTS) is 1. The molecule has 1 amide bonds. The van der Waals surface area contributed by atoms with Crippen molar-refractivity contribution in [3.05, 3.63) is 0 Å². The van der Waals surface area contributed by atoms with Crippen LogP contribution in [0, 0.1) is 0 Å². The summed E-state index contributed by atoms with van der Waals surface area (Å²) in [5, 5.41) is 41.2. The van der Waals surface area contributed by atoms with Crippen LogP contribution in [0.15, 0.2) is 0 Å². The van der Waals surface area contributed by atoms with Gasteiger partial charge < -0.3 is 35.2 Å². The predicted molar refractivity (Wildman–Crippen MR) is 84.7 cm³/mol. The van der Waals surface area contributed by atoms with Crippen molar-refractivity contribution in [1.29, 1.82) is 0 Å². The lowest BCUT2D eigenvalue weighted by Crippen LogP contribution is -2.68. The molecule has 0 aromatic carbocycles. The van der Waals surface area contributed by atoms with Gasteiger partial charge in [-0.05, 0) is 0 Å². The van der Waals surface area contributed by atoms with E-state index in [9.17, 15) is 43.2 Å². The maximum Gasteiger partial charge on any atom is 0.397 e. The number of hydrogen-bond donors (Lipinski definition) is 6. The molecule has 0 saturated carbocycles. The van der Waals surface area contributed by atoms with Gasteiger partial charge in [-0.3, -0.25) is 14.1 Å². The third kappa shape index (κ3) is 6.33. The zero-order valence-corrected chi connectivity index (χ0v) is 15.5. The van der Waals surface area contributed by atoms with Gasteiger partial charge in [-0.15, -0.1) is 0 Å². The first-order valence-corrected chi connectivity index (χ1v) is 9.09. The maximum atomic E-state index is 11.5. The molecule has 0 aromatic heterocycles. The maximum absolute atomic E-state index is 11.5. The van der Waals surface area contributed by atoms with Crippen molar-refractivity contribution in [2.45, 2.75) is 56.5 Å². The van der Waals surface area contributed by atoms with Crippen molar-refractivity contribution in [1.82, 2.24) is 5.32 Å². The van der Waals surface area contributed by atoms with Crippen LogP contribution in [-0.4, -0.2) is 94.1 Å². The lowest BCUT2D eigenvalue weighted by Gasteiger charge is -2.45. The van der Waals surface area contributed by atoms with Crippen molar-refractivity contribution < 1.29 is 61.4 Å². The average molecular weight is 431 g/mol. The first-order valence-electron chi connectivity index (χ1n) is 7.72. The van der Waals surface area contributed by atoms with E-state index >= 15 is 0 Å². The van der Waals surface area contributed by atoms with Crippen molar-refractivity contribution >= 4 is 28.2 Å². The molecule has 1 fully saturated rings. The summed E-state index contributed by atoms with van der Waals surface area (Å²) in [4.78, 5) is 34.2. The second-order valence-electron chi connectivity index (χ2n) is 5.99. The number of aliphatic hydroxyl groups is 3. The highest BCUT2D eigenvalue weighted by Gasteiger charge is 2.56. The zero-order chi connectivity index (χ0) is 21.9. The molecule has 1 rings (SSSR count). The molecular weight excluding hydrogens is 410 g/mol. The number of ether oxygens (including phenoxy) is 2. The Morgan fingerprint density at radius 2 is 1.89 bits per heavy atom. The van der Waals surface area contributed by atoms with Gasteiger partial charge in [-0.2, -0.15) is 8.42 Å². The second kappa shape index (κ2) is 9.08. The monoisotopic (exact) mass is 431 g/mol. The van der Waals surface area contributed by atoms with Crippen molar-refractivity contribution in [3.8, 4) is 0 Å². The Hall–Kier alpha value is -1.88. The molecule has 15 heteroatoms. The minimum atomic E-state index is -5.16. The number of aliphatic carboxylic acids is 1. The molecule has 1 heterocycles. The van der Waals surface area contributed by atoms with Crippen LogP contribution in [0.4, 0.5) is 0 Å². The molecule has 28 heavy (non-hydrogen) atoms. The number of carbonyl (C=O) groups excluding carboxylic acids is 2. The standard InChI is InChI=1S/C13H21NO13S/c1-5(16)14-9-7(25-6(2)17)3-13(21,12(19)20)26-11(9)10(18)8(4-15)27-28(22,23)24/h7-11,15,18,21H,3-4H2,1-2H3,(H,14,16)(H,19,20)(H,22,23,24)/t7-,8?,9+,10?,11+,13?/m0/s1. The van der Waals surface area contributed by atoms with E-state index in [1.807, 2.05) is 0 Å². The van der Waals surface area contributed by atoms with E-state index in [1.165, 1.54) is 0 Å². The molecule has 0 aromatic rings. The minimum Gasteiger partial charge on any atom is -0.477 e. The highest BCUT2D eigenvalue weighted by atomic mass is 32.3. The Labute approximate surface area is 159 Å². The van der Waals surface area contributed by atoms with E-state index in [0.29, 0.717) is 0 Å². The van der Waals surface area contributed by atoms with E-state index in [0.717, 1.165) is 13.8 Å². The van der Waals surface area contributed by atoms with Gasteiger partial charge in [0.05, 0.1) is 19.1 Å². The number of rotatable bonds is 8. The average Bonchev–Trinajstić information content (AvgIpc) is 2.52. The number of carbonyl (C=O) groups is 3. The van der Waals surface area contributed by atoms with Gasteiger partial charge in [0.15, 0.2) is 0 Å². The lowest BCUT2D eigenvalue weighted by molar-refractivity contribution is -0.295. The number of nitrogens with one attached hydrogen (secondary N) is 1. The fraction of sp³-hybridized carbons (Fsp3) is 0.769. The summed E-state index contributed by atoms with van der Waals surface area (Å²) in [7, 11) is -5.16. The van der Waals surface area contributed by atoms with Crippen LogP contribution in [-0.2, 0) is 38.4 Å². The van der Waals surface area contributed by atoms with E-state index in [2.05, 4.69) is 9.50 Å². The number of hydrogen-bond acceptors (Lipinski definition) is 11. The number of carboxylic acids is 1. The molecule has 6 atom stereocenters. The van der Waals surface area contributed by atoms with Crippen molar-refractivity contribution in [2.75, 3.05) is 6.61 Å². The largest absolute Gasteiger partial charge is 0.477 e.